The van der Waals surface area contributed by atoms with Crippen LogP contribution in [0.15, 0.2) is 54.6 Å². The molecule has 4 rings (SSSR count). The molecule has 1 unspecified atom stereocenters. The third-order valence-electron chi connectivity index (χ3n) is 8.30. The van der Waals surface area contributed by atoms with E-state index >= 15 is 0 Å². The molecule has 1 heterocycles. The second-order valence-corrected chi connectivity index (χ2v) is 19.2. The topological polar surface area (TPSA) is 315 Å². The Hall–Kier alpha value is -5.44. The van der Waals surface area contributed by atoms with E-state index in [4.69, 9.17) is 59.2 Å². The number of alkyl halides is 4. The first-order valence-corrected chi connectivity index (χ1v) is 25.5. The van der Waals surface area contributed by atoms with Crippen molar-refractivity contribution in [1.29, 1.82) is 0 Å². The minimum Gasteiger partial charge on any atom is -0.480 e. The molecular formula is C41H54Cl3F3N9O13PS. The van der Waals surface area contributed by atoms with E-state index in [0.717, 1.165) is 54.0 Å². The van der Waals surface area contributed by atoms with E-state index in [9.17, 15) is 50.7 Å². The van der Waals surface area contributed by atoms with Gasteiger partial charge in [-0.15, -0.1) is 11.6 Å². The van der Waals surface area contributed by atoms with E-state index in [1.165, 1.54) is 0 Å². The zero-order valence-electron chi connectivity index (χ0n) is 39.4. The molecule has 0 bridgehead atoms. The van der Waals surface area contributed by atoms with Crippen LogP contribution in [0, 0.1) is 17.0 Å². The quantitative estimate of drug-likeness (QED) is 0.0207. The van der Waals surface area contributed by atoms with Gasteiger partial charge in [0.05, 0.1) is 52.9 Å². The van der Waals surface area contributed by atoms with Crippen molar-refractivity contribution in [2.75, 3.05) is 60.8 Å². The number of nitro benzene ring substituents is 1. The molecule has 7 N–H and O–H groups in total. The number of carboxylic acids is 1. The van der Waals surface area contributed by atoms with E-state index < -0.39 is 75.3 Å². The van der Waals surface area contributed by atoms with Gasteiger partial charge in [-0.25, -0.2) is 13.1 Å². The Bertz CT molecular complexity index is 2600. The summed E-state index contributed by atoms with van der Waals surface area (Å²) < 4.78 is 82.5. The smallest absolute Gasteiger partial charge is 0.416 e. The first-order chi connectivity index (χ1) is 32.9. The highest BCUT2D eigenvalue weighted by Crippen LogP contribution is 2.37. The van der Waals surface area contributed by atoms with Crippen LogP contribution < -0.4 is 30.3 Å². The summed E-state index contributed by atoms with van der Waals surface area (Å²) in [5.41, 5.74) is 0.868. The molecule has 0 saturated carbocycles. The Morgan fingerprint density at radius 3 is 2.13 bits per heavy atom. The van der Waals surface area contributed by atoms with E-state index in [1.54, 1.807) is 16.7 Å². The maximum atomic E-state index is 12.7. The minimum absolute atomic E-state index is 0.0223. The zero-order valence-corrected chi connectivity index (χ0v) is 43.4. The number of nitrogens with zero attached hydrogens (tertiary/aromatic N) is 5. The van der Waals surface area contributed by atoms with Crippen molar-refractivity contribution in [1.82, 2.24) is 25.0 Å². The summed E-state index contributed by atoms with van der Waals surface area (Å²) in [5, 5.41) is 26.9. The van der Waals surface area contributed by atoms with Crippen molar-refractivity contribution >= 4 is 93.5 Å². The number of para-hydroxylation sites is 1. The second-order valence-electron chi connectivity index (χ2n) is 14.7. The lowest BCUT2D eigenvalue weighted by molar-refractivity contribution is -0.385. The van der Waals surface area contributed by atoms with Gasteiger partial charge in [0.25, 0.3) is 11.6 Å². The predicted octanol–water partition coefficient (Wildman–Crippen LogP) is 7.49. The van der Waals surface area contributed by atoms with Gasteiger partial charge in [-0.05, 0) is 88.0 Å². The van der Waals surface area contributed by atoms with Crippen molar-refractivity contribution in [3.05, 3.63) is 97.3 Å². The molecule has 1 aromatic heterocycles. The van der Waals surface area contributed by atoms with Crippen molar-refractivity contribution in [3.63, 3.8) is 0 Å². The van der Waals surface area contributed by atoms with Crippen LogP contribution in [0.1, 0.15) is 61.7 Å². The number of anilines is 3. The minimum atomic E-state index is -4.62. The molecule has 22 nitrogen and oxygen atoms in total. The summed E-state index contributed by atoms with van der Waals surface area (Å²) >= 11 is 17.2. The number of nitrogens with one attached hydrogen (secondary N) is 4. The van der Waals surface area contributed by atoms with Gasteiger partial charge in [0, 0.05) is 31.8 Å². The molecule has 0 aliphatic heterocycles. The van der Waals surface area contributed by atoms with Crippen molar-refractivity contribution < 1.29 is 69.8 Å². The average molecular weight is 1110 g/mol. The zero-order chi connectivity index (χ0) is 54.4. The van der Waals surface area contributed by atoms with Crippen LogP contribution in [0.4, 0.5) is 36.4 Å². The standard InChI is InChI=1S/C15H10ClF3N2O6S.C15H22ClNO2.C8H14ClN5.C3H8NO5P/c1-28(25,26)20-14(22)10-7-9(3-4-12(10)21(23)24)27-13-5-2-8(6-11(13)16)15(17,18)19;1-5-13-8-6-7-11(2)15(13)17(14(18)9-16)12(3)10-19-4;1-4-10-7-12-6(9)13-8(14-7)11-5(2)3;5-3(6)1-4-2-10(7,8)9/h2-7H,1H3,(H,20,22);6-8,12H,5,9-10H2,1-4H3;5H,4H2,1-3H3,(H2,10,11,12,13,14);4H,1-2H2,(H,5,6)(H2,7,8,9). The second kappa shape index (κ2) is 29.8. The maximum absolute atomic E-state index is 12.7. The number of aryl methyl sites for hydroxylation is 2. The van der Waals surface area contributed by atoms with Gasteiger partial charge in [0.2, 0.25) is 33.1 Å². The van der Waals surface area contributed by atoms with Gasteiger partial charge >= 0.3 is 19.7 Å². The molecule has 0 aliphatic rings. The van der Waals surface area contributed by atoms with Gasteiger partial charge in [0.1, 0.15) is 22.9 Å². The SMILES string of the molecule is CCNc1nc(Cl)nc(NC(C)C)n1.CCc1cccc(C)c1N(C(=O)CCl)C(C)COC.CS(=O)(=O)NC(=O)c1cc(Oc2ccc(C(F)(F)F)cc2Cl)ccc1[N+](=O)[O-].O=C(O)CNCP(=O)(O)O. The van der Waals surface area contributed by atoms with E-state index in [-0.39, 0.29) is 40.7 Å². The summed E-state index contributed by atoms with van der Waals surface area (Å²) in [5.74, 6) is -1.94. The Morgan fingerprint density at radius 1 is 1.00 bits per heavy atom. The number of aliphatic carboxylic acids is 1. The van der Waals surface area contributed by atoms with Gasteiger partial charge in [0.15, 0.2) is 0 Å². The molecule has 0 fully saturated rings. The molecule has 0 saturated heterocycles. The van der Waals surface area contributed by atoms with Gasteiger partial charge < -0.3 is 39.9 Å². The first kappa shape index (κ1) is 63.6. The number of hydrogen-bond acceptors (Lipinski definition) is 16. The van der Waals surface area contributed by atoms with Crippen molar-refractivity contribution in [2.24, 2.45) is 0 Å². The molecule has 4 aromatic rings. The maximum Gasteiger partial charge on any atom is 0.416 e. The van der Waals surface area contributed by atoms with Crippen LogP contribution in [0.5, 0.6) is 11.5 Å². The molecular weight excluding hydrogens is 1050 g/mol. The Morgan fingerprint density at radius 2 is 1.63 bits per heavy atom. The van der Waals surface area contributed by atoms with E-state index in [1.807, 2.05) is 46.8 Å². The van der Waals surface area contributed by atoms with Crippen molar-refractivity contribution in [2.45, 2.75) is 66.2 Å². The molecule has 30 heteroatoms. The third-order valence-corrected chi connectivity index (χ3v) is 10.2. The number of nitro groups is 1. The summed E-state index contributed by atoms with van der Waals surface area (Å²) in [6.07, 6.45) is -3.66. The monoisotopic (exact) mass is 1110 g/mol. The van der Waals surface area contributed by atoms with Crippen LogP contribution >= 0.6 is 42.4 Å². The molecule has 1 atom stereocenters. The van der Waals surface area contributed by atoms with E-state index in [0.29, 0.717) is 36.9 Å². The Balaban J connectivity index is 0.000000509. The Kier molecular flexibility index (Phi) is 26.7. The fraction of sp³-hybridized carbons (Fsp3) is 0.415. The highest BCUT2D eigenvalue weighted by Gasteiger charge is 2.31. The normalized spacial score (nSPS) is 11.6. The number of benzene rings is 3. The predicted molar refractivity (Wildman–Crippen MR) is 262 cm³/mol. The molecule has 394 valence electrons. The average Bonchev–Trinajstić information content (AvgIpc) is 3.23. The summed E-state index contributed by atoms with van der Waals surface area (Å²) in [6.45, 7) is 12.8. The molecule has 2 amide bonds. The number of sulfonamides is 1. The molecule has 3 aromatic carbocycles. The van der Waals surface area contributed by atoms with Crippen LogP contribution in [-0.4, -0.2) is 118 Å². The number of carboxylic acid groups (broad SMARTS) is 1. The van der Waals surface area contributed by atoms with Crippen LogP contribution in [0.2, 0.25) is 10.3 Å². The third kappa shape index (κ3) is 24.0. The fourth-order valence-electron chi connectivity index (χ4n) is 5.57. The first-order valence-electron chi connectivity index (χ1n) is 20.6. The number of carbonyl (C=O) groups is 3. The number of halogens is 6. The Labute approximate surface area is 422 Å². The van der Waals surface area contributed by atoms with Gasteiger partial charge in [-0.2, -0.15) is 28.1 Å². The highest BCUT2D eigenvalue weighted by molar-refractivity contribution is 7.89. The van der Waals surface area contributed by atoms with Crippen LogP contribution in [0.3, 0.4) is 0 Å². The molecule has 71 heavy (non-hydrogen) atoms. The van der Waals surface area contributed by atoms with Gasteiger partial charge in [-0.1, -0.05) is 36.7 Å². The number of ether oxygens (including phenoxy) is 2. The highest BCUT2D eigenvalue weighted by atomic mass is 35.5. The van der Waals surface area contributed by atoms with Gasteiger partial charge in [-0.3, -0.25) is 34.4 Å². The lowest BCUT2D eigenvalue weighted by Crippen LogP contribution is -2.43. The molecule has 0 spiro atoms. The number of rotatable bonds is 19. The lowest BCUT2D eigenvalue weighted by atomic mass is 10.0. The lowest BCUT2D eigenvalue weighted by Gasteiger charge is -2.31. The summed E-state index contributed by atoms with van der Waals surface area (Å²) in [6, 6.07) is 11.4. The number of aromatic nitrogens is 3. The number of amides is 2. The van der Waals surface area contributed by atoms with Crippen LogP contribution in [-0.2, 0) is 41.5 Å². The number of carbonyl (C=O) groups excluding carboxylic acids is 2. The number of hydrogen-bond donors (Lipinski definition) is 7. The molecule has 0 aliphatic carbocycles. The van der Waals surface area contributed by atoms with Crippen molar-refractivity contribution in [3.8, 4) is 11.5 Å². The van der Waals surface area contributed by atoms with E-state index in [2.05, 4.69) is 43.9 Å². The largest absolute Gasteiger partial charge is 0.480 e. The summed E-state index contributed by atoms with van der Waals surface area (Å²) in [4.78, 5) is 74.3. The summed E-state index contributed by atoms with van der Waals surface area (Å²) in [7, 11) is -6.46. The van der Waals surface area contributed by atoms with Crippen LogP contribution in [0.25, 0.3) is 0 Å². The molecule has 0 radical (unpaired) electrons. The number of methoxy groups -OCH3 is 1. The fourth-order valence-corrected chi connectivity index (χ4v) is 6.93.